The monoisotopic (exact) mass is 201 g/mol. The number of nitrogens with one attached hydrogen (secondary N) is 1. The first-order valence-electron chi connectivity index (χ1n) is 3.03. The Morgan fingerprint density at radius 3 is 2.70 bits per heavy atom. The van der Waals surface area contributed by atoms with E-state index >= 15 is 0 Å². The zero-order valence-electron chi connectivity index (χ0n) is 5.60. The number of pyridine rings is 1. The van der Waals surface area contributed by atoms with Crippen LogP contribution in [0, 0.1) is 0 Å². The molecular weight excluding hydrogens is 194 g/mol. The highest BCUT2D eigenvalue weighted by Crippen LogP contribution is 2.18. The summed E-state index contributed by atoms with van der Waals surface area (Å²) in [7, 11) is 0. The van der Waals surface area contributed by atoms with Gasteiger partial charge in [-0.3, -0.25) is 4.79 Å². The minimum absolute atomic E-state index is 0.0584. The largest absolute Gasteiger partial charge is 0.329 e. The Morgan fingerprint density at radius 1 is 1.60 bits per heavy atom. The Kier molecular flexibility index (Phi) is 2.27. The van der Waals surface area contributed by atoms with Gasteiger partial charge in [-0.05, 0) is 12.5 Å². The van der Waals surface area contributed by atoms with Crippen molar-refractivity contribution in [1.82, 2.24) is 4.98 Å². The van der Waals surface area contributed by atoms with Crippen LogP contribution in [0.3, 0.4) is 0 Å². The van der Waals surface area contributed by atoms with Gasteiger partial charge in [0.25, 0.3) is 0 Å². The second-order valence-corrected chi connectivity index (χ2v) is 3.48. The zero-order chi connectivity index (χ0) is 7.56. The molecule has 0 aliphatic rings. The topological polar surface area (TPSA) is 32.9 Å². The summed E-state index contributed by atoms with van der Waals surface area (Å²) in [5.41, 5.74) is 1.02. The van der Waals surface area contributed by atoms with Gasteiger partial charge >= 0.3 is 0 Å². The summed E-state index contributed by atoms with van der Waals surface area (Å²) in [6.07, 6.45) is 1.71. The van der Waals surface area contributed by atoms with E-state index in [0.29, 0.717) is 4.83 Å². The summed E-state index contributed by atoms with van der Waals surface area (Å²) in [4.78, 5) is 13.5. The number of H-pyrrole nitrogens is 1. The third-order valence-electron chi connectivity index (χ3n) is 1.27. The van der Waals surface area contributed by atoms with Crippen LogP contribution in [0.4, 0.5) is 0 Å². The van der Waals surface area contributed by atoms with Gasteiger partial charge in [0.05, 0.1) is 0 Å². The van der Waals surface area contributed by atoms with Crippen LogP contribution in [0.1, 0.15) is 17.3 Å². The highest BCUT2D eigenvalue weighted by molar-refractivity contribution is 9.09. The van der Waals surface area contributed by atoms with Crippen molar-refractivity contribution in [3.05, 3.63) is 34.2 Å². The zero-order valence-corrected chi connectivity index (χ0v) is 7.18. The predicted molar refractivity (Wildman–Crippen MR) is 44.4 cm³/mol. The molecule has 1 aromatic rings. The maximum absolute atomic E-state index is 10.6. The first kappa shape index (κ1) is 7.54. The van der Waals surface area contributed by atoms with Gasteiger partial charge in [-0.15, -0.1) is 0 Å². The standard InChI is InChI=1S/C7H8BrNO/c1-5(8)6-2-3-7(10)9-4-6/h2-5H,1H3,(H,9,10). The number of rotatable bonds is 1. The van der Waals surface area contributed by atoms with E-state index in [0.717, 1.165) is 5.56 Å². The smallest absolute Gasteiger partial charge is 0.247 e. The fraction of sp³-hybridized carbons (Fsp3) is 0.286. The summed E-state index contributed by atoms with van der Waals surface area (Å²) in [6.45, 7) is 2.01. The molecule has 10 heavy (non-hydrogen) atoms. The van der Waals surface area contributed by atoms with E-state index in [1.807, 2.05) is 6.92 Å². The lowest BCUT2D eigenvalue weighted by Gasteiger charge is -1.99. The molecule has 1 rings (SSSR count). The van der Waals surface area contributed by atoms with E-state index in [9.17, 15) is 4.79 Å². The van der Waals surface area contributed by atoms with Crippen molar-refractivity contribution in [2.75, 3.05) is 0 Å². The highest BCUT2D eigenvalue weighted by Gasteiger charge is 1.97. The first-order chi connectivity index (χ1) is 4.70. The quantitative estimate of drug-likeness (QED) is 0.692. The fourth-order valence-electron chi connectivity index (χ4n) is 0.670. The molecule has 0 aromatic carbocycles. The molecule has 0 aliphatic heterocycles. The van der Waals surface area contributed by atoms with E-state index in [1.54, 1.807) is 12.3 Å². The van der Waals surface area contributed by atoms with E-state index in [1.165, 1.54) is 6.07 Å². The van der Waals surface area contributed by atoms with Gasteiger partial charge in [-0.2, -0.15) is 0 Å². The second-order valence-electron chi connectivity index (χ2n) is 2.10. The maximum Gasteiger partial charge on any atom is 0.247 e. The number of halogens is 1. The summed E-state index contributed by atoms with van der Waals surface area (Å²) in [5, 5.41) is 0. The lowest BCUT2D eigenvalue weighted by molar-refractivity contribution is 1.07. The molecule has 1 N–H and O–H groups in total. The molecule has 0 spiro atoms. The summed E-state index contributed by atoms with van der Waals surface area (Å²) >= 11 is 3.38. The van der Waals surface area contributed by atoms with Gasteiger partial charge < -0.3 is 4.98 Å². The molecule has 0 aliphatic carbocycles. The summed E-state index contributed by atoms with van der Waals surface area (Å²) in [5.74, 6) is 0. The molecule has 0 saturated carbocycles. The Labute approximate surface area is 67.4 Å². The number of aromatic amines is 1. The molecule has 1 atom stereocenters. The Bertz CT molecular complexity index is 246. The fourth-order valence-corrected chi connectivity index (χ4v) is 0.955. The molecule has 0 radical (unpaired) electrons. The number of aromatic nitrogens is 1. The van der Waals surface area contributed by atoms with Crippen molar-refractivity contribution in [3.63, 3.8) is 0 Å². The van der Waals surface area contributed by atoms with Gasteiger partial charge in [0.1, 0.15) is 0 Å². The maximum atomic E-state index is 10.6. The van der Waals surface area contributed by atoms with Crippen LogP contribution in [0.25, 0.3) is 0 Å². The third kappa shape index (κ3) is 1.70. The molecule has 1 heterocycles. The van der Waals surface area contributed by atoms with Crippen LogP contribution in [0.5, 0.6) is 0 Å². The van der Waals surface area contributed by atoms with Crippen LogP contribution in [0.15, 0.2) is 23.1 Å². The normalized spacial score (nSPS) is 13.0. The van der Waals surface area contributed by atoms with Crippen LogP contribution in [0.2, 0.25) is 0 Å². The number of hydrogen-bond donors (Lipinski definition) is 1. The minimum Gasteiger partial charge on any atom is -0.329 e. The molecule has 0 bridgehead atoms. The third-order valence-corrected chi connectivity index (χ3v) is 1.80. The SMILES string of the molecule is CC(Br)c1ccc(=O)[nH]c1. The number of hydrogen-bond acceptors (Lipinski definition) is 1. The summed E-state index contributed by atoms with van der Waals surface area (Å²) in [6, 6.07) is 3.32. The van der Waals surface area contributed by atoms with Gasteiger partial charge in [0.2, 0.25) is 5.56 Å². The Morgan fingerprint density at radius 2 is 2.30 bits per heavy atom. The van der Waals surface area contributed by atoms with Crippen molar-refractivity contribution in [1.29, 1.82) is 0 Å². The average Bonchev–Trinajstić information content (AvgIpc) is 1.88. The highest BCUT2D eigenvalue weighted by atomic mass is 79.9. The van der Waals surface area contributed by atoms with Gasteiger partial charge in [-0.25, -0.2) is 0 Å². The van der Waals surface area contributed by atoms with Crippen molar-refractivity contribution >= 4 is 15.9 Å². The lowest BCUT2D eigenvalue weighted by Crippen LogP contribution is -2.02. The van der Waals surface area contributed by atoms with Crippen molar-refractivity contribution in [3.8, 4) is 0 Å². The van der Waals surface area contributed by atoms with E-state index < -0.39 is 0 Å². The molecule has 0 fully saturated rings. The van der Waals surface area contributed by atoms with E-state index in [4.69, 9.17) is 0 Å². The van der Waals surface area contributed by atoms with E-state index in [-0.39, 0.29) is 5.56 Å². The number of alkyl halides is 1. The van der Waals surface area contributed by atoms with Crippen molar-refractivity contribution in [2.45, 2.75) is 11.8 Å². The second kappa shape index (κ2) is 3.01. The van der Waals surface area contributed by atoms with Crippen LogP contribution >= 0.6 is 15.9 Å². The first-order valence-corrected chi connectivity index (χ1v) is 3.94. The van der Waals surface area contributed by atoms with Crippen molar-refractivity contribution < 1.29 is 0 Å². The minimum atomic E-state index is -0.0584. The van der Waals surface area contributed by atoms with Gasteiger partial charge in [0, 0.05) is 17.1 Å². The molecule has 0 saturated heterocycles. The van der Waals surface area contributed by atoms with Crippen LogP contribution < -0.4 is 5.56 Å². The Balaban J connectivity index is 3.00. The molecule has 1 aromatic heterocycles. The molecule has 2 nitrogen and oxygen atoms in total. The van der Waals surface area contributed by atoms with Gasteiger partial charge in [0.15, 0.2) is 0 Å². The predicted octanol–water partition coefficient (Wildman–Crippen LogP) is 1.83. The van der Waals surface area contributed by atoms with Crippen molar-refractivity contribution in [2.24, 2.45) is 0 Å². The molecule has 0 amide bonds. The van der Waals surface area contributed by atoms with Crippen LogP contribution in [-0.2, 0) is 0 Å². The summed E-state index contributed by atoms with van der Waals surface area (Å²) < 4.78 is 0. The van der Waals surface area contributed by atoms with Crippen LogP contribution in [-0.4, -0.2) is 4.98 Å². The van der Waals surface area contributed by atoms with E-state index in [2.05, 4.69) is 20.9 Å². The Hall–Kier alpha value is -0.570. The average molecular weight is 202 g/mol. The lowest BCUT2D eigenvalue weighted by atomic mass is 10.2. The van der Waals surface area contributed by atoms with Gasteiger partial charge in [-0.1, -0.05) is 22.0 Å². The molecule has 1 unspecified atom stereocenters. The molecule has 3 heteroatoms. The molecule has 54 valence electrons. The molecular formula is C7H8BrNO.